The Bertz CT molecular complexity index is 543. The molecule has 2 rings (SSSR count). The fourth-order valence-corrected chi connectivity index (χ4v) is 1.88. The van der Waals surface area contributed by atoms with E-state index >= 15 is 0 Å². The Kier molecular flexibility index (Phi) is 3.97. The maximum atomic E-state index is 13.8. The Morgan fingerprint density at radius 2 is 2.22 bits per heavy atom. The van der Waals surface area contributed by atoms with Crippen molar-refractivity contribution in [2.24, 2.45) is 0 Å². The van der Waals surface area contributed by atoms with E-state index in [1.54, 1.807) is 12.3 Å². The smallest absolute Gasteiger partial charge is 0.181 e. The number of benzene rings is 1. The van der Waals surface area contributed by atoms with Gasteiger partial charge < -0.3 is 10.5 Å². The van der Waals surface area contributed by atoms with Crippen molar-refractivity contribution in [3.63, 3.8) is 0 Å². The zero-order valence-corrected chi connectivity index (χ0v) is 10.4. The van der Waals surface area contributed by atoms with Gasteiger partial charge in [0, 0.05) is 23.3 Å². The van der Waals surface area contributed by atoms with E-state index in [9.17, 15) is 4.39 Å². The van der Waals surface area contributed by atoms with Gasteiger partial charge >= 0.3 is 0 Å². The number of ether oxygens (including phenoxy) is 1. The van der Waals surface area contributed by atoms with Crippen LogP contribution in [-0.2, 0) is 0 Å². The molecule has 0 radical (unpaired) electrons. The van der Waals surface area contributed by atoms with Crippen molar-refractivity contribution in [3.05, 3.63) is 30.2 Å². The number of nitrogens with two attached hydrogens (primary N) is 1. The van der Waals surface area contributed by atoms with Gasteiger partial charge in [0.05, 0.1) is 6.61 Å². The molecule has 0 saturated carbocycles. The standard InChI is InChI=1S/C14H17FN2O/c1-2-3-4-8-18-14-11(15)9-12(16)10-6-5-7-17-13(10)14/h5-7,9H,2-4,8,16H2,1H3. The Hall–Kier alpha value is -1.84. The molecule has 0 spiro atoms. The maximum absolute atomic E-state index is 13.8. The Labute approximate surface area is 106 Å². The van der Waals surface area contributed by atoms with Gasteiger partial charge in [-0.1, -0.05) is 19.8 Å². The molecule has 0 saturated heterocycles. The van der Waals surface area contributed by atoms with Crippen LogP contribution in [0.1, 0.15) is 26.2 Å². The molecule has 3 nitrogen and oxygen atoms in total. The van der Waals surface area contributed by atoms with Gasteiger partial charge in [-0.05, 0) is 18.6 Å². The summed E-state index contributed by atoms with van der Waals surface area (Å²) in [4.78, 5) is 4.16. The van der Waals surface area contributed by atoms with Crippen LogP contribution in [0, 0.1) is 5.82 Å². The fraction of sp³-hybridized carbons (Fsp3) is 0.357. The third-order valence-corrected chi connectivity index (χ3v) is 2.83. The first-order valence-corrected chi connectivity index (χ1v) is 6.19. The van der Waals surface area contributed by atoms with Crippen molar-refractivity contribution in [1.29, 1.82) is 0 Å². The average molecular weight is 248 g/mol. The summed E-state index contributed by atoms with van der Waals surface area (Å²) >= 11 is 0. The van der Waals surface area contributed by atoms with Crippen LogP contribution < -0.4 is 10.5 Å². The zero-order chi connectivity index (χ0) is 13.0. The van der Waals surface area contributed by atoms with Gasteiger partial charge in [0.15, 0.2) is 11.6 Å². The zero-order valence-electron chi connectivity index (χ0n) is 10.4. The lowest BCUT2D eigenvalue weighted by molar-refractivity contribution is 0.295. The number of pyridine rings is 1. The molecule has 1 aromatic carbocycles. The van der Waals surface area contributed by atoms with Gasteiger partial charge in [0.2, 0.25) is 0 Å². The van der Waals surface area contributed by atoms with Crippen LogP contribution in [0.15, 0.2) is 24.4 Å². The van der Waals surface area contributed by atoms with E-state index in [2.05, 4.69) is 11.9 Å². The van der Waals surface area contributed by atoms with E-state index in [0.717, 1.165) is 24.6 Å². The van der Waals surface area contributed by atoms with Gasteiger partial charge in [0.1, 0.15) is 5.52 Å². The molecule has 96 valence electrons. The normalized spacial score (nSPS) is 10.8. The molecule has 0 unspecified atom stereocenters. The number of halogens is 1. The van der Waals surface area contributed by atoms with Crippen LogP contribution in [-0.4, -0.2) is 11.6 Å². The third kappa shape index (κ3) is 2.53. The summed E-state index contributed by atoms with van der Waals surface area (Å²) in [5.41, 5.74) is 6.64. The van der Waals surface area contributed by atoms with Crippen molar-refractivity contribution in [1.82, 2.24) is 4.98 Å². The lowest BCUT2D eigenvalue weighted by Crippen LogP contribution is -2.02. The number of aromatic nitrogens is 1. The van der Waals surface area contributed by atoms with Crippen LogP contribution in [0.25, 0.3) is 10.9 Å². The number of rotatable bonds is 5. The molecule has 0 aliphatic carbocycles. The monoisotopic (exact) mass is 248 g/mol. The van der Waals surface area contributed by atoms with Crippen LogP contribution in [0.5, 0.6) is 5.75 Å². The number of unbranched alkanes of at least 4 members (excludes halogenated alkanes) is 2. The highest BCUT2D eigenvalue weighted by atomic mass is 19.1. The molecule has 0 amide bonds. The molecular formula is C14H17FN2O. The highest BCUT2D eigenvalue weighted by Crippen LogP contribution is 2.31. The summed E-state index contributed by atoms with van der Waals surface area (Å²) in [6.45, 7) is 2.61. The molecule has 18 heavy (non-hydrogen) atoms. The van der Waals surface area contributed by atoms with E-state index in [1.165, 1.54) is 6.07 Å². The van der Waals surface area contributed by atoms with Crippen LogP contribution >= 0.6 is 0 Å². The van der Waals surface area contributed by atoms with E-state index in [0.29, 0.717) is 17.8 Å². The SMILES string of the molecule is CCCCCOc1c(F)cc(N)c2cccnc12. The highest BCUT2D eigenvalue weighted by Gasteiger charge is 2.12. The van der Waals surface area contributed by atoms with Gasteiger partial charge in [-0.15, -0.1) is 0 Å². The molecule has 1 heterocycles. The summed E-state index contributed by atoms with van der Waals surface area (Å²) in [5.74, 6) is -0.244. The van der Waals surface area contributed by atoms with Crippen molar-refractivity contribution in [2.75, 3.05) is 12.3 Å². The van der Waals surface area contributed by atoms with Crippen molar-refractivity contribution in [2.45, 2.75) is 26.2 Å². The minimum atomic E-state index is -0.449. The van der Waals surface area contributed by atoms with Crippen LogP contribution in [0.3, 0.4) is 0 Å². The molecule has 0 atom stereocenters. The lowest BCUT2D eigenvalue weighted by Gasteiger charge is -2.11. The number of hydrogen-bond donors (Lipinski definition) is 1. The molecule has 4 heteroatoms. The first-order chi connectivity index (χ1) is 8.74. The number of anilines is 1. The molecule has 0 bridgehead atoms. The molecule has 2 N–H and O–H groups in total. The topological polar surface area (TPSA) is 48.1 Å². The van der Waals surface area contributed by atoms with E-state index < -0.39 is 5.82 Å². The number of hydrogen-bond acceptors (Lipinski definition) is 3. The first kappa shape index (κ1) is 12.6. The largest absolute Gasteiger partial charge is 0.488 e. The second-order valence-corrected chi connectivity index (χ2v) is 4.23. The molecule has 0 aliphatic rings. The number of fused-ring (bicyclic) bond motifs is 1. The third-order valence-electron chi connectivity index (χ3n) is 2.83. The van der Waals surface area contributed by atoms with Crippen molar-refractivity contribution < 1.29 is 9.13 Å². The summed E-state index contributed by atoms with van der Waals surface area (Å²) in [7, 11) is 0. The van der Waals surface area contributed by atoms with E-state index in [-0.39, 0.29) is 5.75 Å². The van der Waals surface area contributed by atoms with Gasteiger partial charge in [-0.2, -0.15) is 0 Å². The summed E-state index contributed by atoms with van der Waals surface area (Å²) in [6, 6.07) is 4.88. The van der Waals surface area contributed by atoms with Crippen LogP contribution in [0.4, 0.5) is 10.1 Å². The number of nitrogens with zero attached hydrogens (tertiary/aromatic N) is 1. The van der Waals surface area contributed by atoms with Crippen molar-refractivity contribution >= 4 is 16.6 Å². The van der Waals surface area contributed by atoms with Crippen LogP contribution in [0.2, 0.25) is 0 Å². The predicted octanol–water partition coefficient (Wildman–Crippen LogP) is 3.53. The quantitative estimate of drug-likeness (QED) is 0.650. The second-order valence-electron chi connectivity index (χ2n) is 4.23. The Morgan fingerprint density at radius 3 is 3.00 bits per heavy atom. The molecular weight excluding hydrogens is 231 g/mol. The predicted molar refractivity (Wildman–Crippen MR) is 71.1 cm³/mol. The summed E-state index contributed by atoms with van der Waals surface area (Å²) in [6.07, 6.45) is 4.70. The maximum Gasteiger partial charge on any atom is 0.181 e. The van der Waals surface area contributed by atoms with E-state index in [4.69, 9.17) is 10.5 Å². The highest BCUT2D eigenvalue weighted by molar-refractivity contribution is 5.94. The minimum absolute atomic E-state index is 0.205. The Balaban J connectivity index is 2.31. The number of nitrogen functional groups attached to an aromatic ring is 1. The van der Waals surface area contributed by atoms with Gasteiger partial charge in [-0.25, -0.2) is 4.39 Å². The van der Waals surface area contributed by atoms with Crippen molar-refractivity contribution in [3.8, 4) is 5.75 Å². The summed E-state index contributed by atoms with van der Waals surface area (Å²) < 4.78 is 19.4. The molecule has 0 aliphatic heterocycles. The lowest BCUT2D eigenvalue weighted by atomic mass is 10.1. The van der Waals surface area contributed by atoms with Gasteiger partial charge in [0.25, 0.3) is 0 Å². The summed E-state index contributed by atoms with van der Waals surface area (Å²) in [5, 5.41) is 0.726. The van der Waals surface area contributed by atoms with E-state index in [1.807, 2.05) is 6.07 Å². The second kappa shape index (κ2) is 5.67. The Morgan fingerprint density at radius 1 is 1.39 bits per heavy atom. The first-order valence-electron chi connectivity index (χ1n) is 6.19. The van der Waals surface area contributed by atoms with Gasteiger partial charge in [-0.3, -0.25) is 4.98 Å². The molecule has 1 aromatic heterocycles. The molecule has 2 aromatic rings. The molecule has 0 fully saturated rings. The average Bonchev–Trinajstić information content (AvgIpc) is 2.38. The minimum Gasteiger partial charge on any atom is -0.488 e. The fourth-order valence-electron chi connectivity index (χ4n) is 1.88.